The maximum Gasteiger partial charge on any atom is 0.326 e. The molecule has 0 unspecified atom stereocenters. The smallest absolute Gasteiger partial charge is 0.326 e. The van der Waals surface area contributed by atoms with Crippen molar-refractivity contribution in [1.29, 1.82) is 0 Å². The number of nitrogens with zero attached hydrogens (tertiary/aromatic N) is 3. The number of ether oxygens (including phenoxy) is 1. The number of aromatic nitrogens is 2. The Bertz CT molecular complexity index is 1690. The van der Waals surface area contributed by atoms with Gasteiger partial charge in [-0.05, 0) is 58.4 Å². The molecule has 0 fully saturated rings. The number of carbonyl (C=O) groups is 2. The van der Waals surface area contributed by atoms with Gasteiger partial charge in [0.2, 0.25) is 5.90 Å². The predicted molar refractivity (Wildman–Crippen MR) is 181 cm³/mol. The number of aliphatic imine (C=N–C) groups is 1. The van der Waals surface area contributed by atoms with E-state index in [-0.39, 0.29) is 11.8 Å². The molecule has 46 heavy (non-hydrogen) atoms. The summed E-state index contributed by atoms with van der Waals surface area (Å²) in [5.74, 6) is -0.205. The van der Waals surface area contributed by atoms with Crippen LogP contribution in [0.2, 0.25) is 0 Å². The summed E-state index contributed by atoms with van der Waals surface area (Å²) >= 11 is 0. The Hall–Kier alpha value is -4.85. The highest BCUT2D eigenvalue weighted by Crippen LogP contribution is 2.28. The van der Waals surface area contributed by atoms with Crippen LogP contribution < -0.4 is 5.32 Å². The zero-order valence-electron chi connectivity index (χ0n) is 27.0. The van der Waals surface area contributed by atoms with Gasteiger partial charge in [-0.1, -0.05) is 89.4 Å². The molecule has 0 aliphatic carbocycles. The molecule has 2 N–H and O–H groups in total. The summed E-state index contributed by atoms with van der Waals surface area (Å²) in [6.07, 6.45) is 8.41. The maximum atomic E-state index is 12.8. The minimum absolute atomic E-state index is 0.0385. The number of unbranched alkanes of at least 4 members (excludes halogenated alkanes) is 3. The average Bonchev–Trinajstić information content (AvgIpc) is 3.46. The lowest BCUT2D eigenvalue weighted by molar-refractivity contribution is -0.139. The second-order valence-corrected chi connectivity index (χ2v) is 12.8. The van der Waals surface area contributed by atoms with Gasteiger partial charge in [-0.2, -0.15) is 0 Å². The van der Waals surface area contributed by atoms with Gasteiger partial charge < -0.3 is 15.2 Å². The zero-order chi connectivity index (χ0) is 32.7. The lowest BCUT2D eigenvalue weighted by Gasteiger charge is -2.19. The SMILES string of the molecule is CCCCCCOC1=NCc2cc(-c3cnc(-c4ccc(C[C@H](NC(=O)c5ccc(C(C)(C)C)cc5)C(=O)O)cc4)nc3)ccc21. The van der Waals surface area contributed by atoms with Gasteiger partial charge in [0.25, 0.3) is 5.91 Å². The number of carboxylic acid groups (broad SMARTS) is 1. The van der Waals surface area contributed by atoms with E-state index >= 15 is 0 Å². The molecule has 0 spiro atoms. The van der Waals surface area contributed by atoms with Crippen molar-refractivity contribution < 1.29 is 19.4 Å². The molecule has 8 nitrogen and oxygen atoms in total. The van der Waals surface area contributed by atoms with Gasteiger partial charge in [0.15, 0.2) is 5.82 Å². The standard InChI is InChI=1S/C38H42N4O4/c1-5-6-7-8-19-46-36-32-18-15-28(21-29(32)22-41-36)30-23-39-34(40-24-30)26-11-9-25(10-12-26)20-33(37(44)45)42-35(43)27-13-16-31(17-14-27)38(2,3)4/h9-18,21,23-24,33H,5-8,19-20,22H2,1-4H3,(H,42,43)(H,44,45)/t33-/m0/s1. The largest absolute Gasteiger partial charge is 0.480 e. The number of hydrogen-bond donors (Lipinski definition) is 2. The fourth-order valence-electron chi connectivity index (χ4n) is 5.39. The molecule has 0 saturated heterocycles. The van der Waals surface area contributed by atoms with Crippen LogP contribution >= 0.6 is 0 Å². The summed E-state index contributed by atoms with van der Waals surface area (Å²) in [5, 5.41) is 12.5. The average molecular weight is 619 g/mol. The first-order valence-corrected chi connectivity index (χ1v) is 16.0. The number of carbonyl (C=O) groups excluding carboxylic acids is 1. The lowest BCUT2D eigenvalue weighted by Crippen LogP contribution is -2.42. The van der Waals surface area contributed by atoms with Crippen molar-refractivity contribution >= 4 is 17.8 Å². The van der Waals surface area contributed by atoms with Crippen LogP contribution in [-0.2, 0) is 27.9 Å². The number of hydrogen-bond acceptors (Lipinski definition) is 6. The van der Waals surface area contributed by atoms with E-state index in [4.69, 9.17) is 4.74 Å². The summed E-state index contributed by atoms with van der Waals surface area (Å²) in [7, 11) is 0. The van der Waals surface area contributed by atoms with Crippen LogP contribution in [0.1, 0.15) is 86.0 Å². The Morgan fingerprint density at radius 1 is 0.891 bits per heavy atom. The van der Waals surface area contributed by atoms with Crippen molar-refractivity contribution in [2.75, 3.05) is 6.61 Å². The normalized spacial score (nSPS) is 13.1. The zero-order valence-corrected chi connectivity index (χ0v) is 27.0. The van der Waals surface area contributed by atoms with E-state index in [1.807, 2.05) is 54.9 Å². The van der Waals surface area contributed by atoms with Crippen LogP contribution in [0.5, 0.6) is 0 Å². The Morgan fingerprint density at radius 2 is 1.59 bits per heavy atom. The molecule has 2 heterocycles. The first-order valence-electron chi connectivity index (χ1n) is 16.0. The fraction of sp³-hybridized carbons (Fsp3) is 0.342. The van der Waals surface area contributed by atoms with E-state index in [0.29, 0.717) is 24.5 Å². The van der Waals surface area contributed by atoms with E-state index in [2.05, 4.69) is 60.1 Å². The van der Waals surface area contributed by atoms with Gasteiger partial charge >= 0.3 is 5.97 Å². The fourth-order valence-corrected chi connectivity index (χ4v) is 5.39. The van der Waals surface area contributed by atoms with Gasteiger partial charge in [0.1, 0.15) is 6.04 Å². The lowest BCUT2D eigenvalue weighted by atomic mass is 9.86. The summed E-state index contributed by atoms with van der Waals surface area (Å²) < 4.78 is 5.95. The summed E-state index contributed by atoms with van der Waals surface area (Å²) in [4.78, 5) is 38.6. The van der Waals surface area contributed by atoms with Crippen LogP contribution in [0.3, 0.4) is 0 Å². The molecular formula is C38H42N4O4. The molecule has 238 valence electrons. The van der Waals surface area contributed by atoms with Crippen LogP contribution in [0.4, 0.5) is 0 Å². The minimum Gasteiger partial charge on any atom is -0.480 e. The molecule has 3 aromatic carbocycles. The number of aliphatic carboxylic acids is 1. The molecule has 1 aromatic heterocycles. The molecule has 1 atom stereocenters. The van der Waals surface area contributed by atoms with E-state index in [1.54, 1.807) is 12.1 Å². The molecule has 1 aliphatic rings. The Morgan fingerprint density at radius 3 is 2.24 bits per heavy atom. The highest BCUT2D eigenvalue weighted by Gasteiger charge is 2.22. The number of nitrogens with one attached hydrogen (secondary N) is 1. The molecule has 0 saturated carbocycles. The molecule has 1 amide bonds. The number of amides is 1. The first kappa shape index (κ1) is 32.5. The van der Waals surface area contributed by atoms with Gasteiger partial charge in [-0.3, -0.25) is 4.79 Å². The van der Waals surface area contributed by atoms with Crippen LogP contribution in [0, 0.1) is 0 Å². The maximum absolute atomic E-state index is 12.8. The van der Waals surface area contributed by atoms with Gasteiger partial charge in [0, 0.05) is 41.1 Å². The highest BCUT2D eigenvalue weighted by atomic mass is 16.5. The summed E-state index contributed by atoms with van der Waals surface area (Å²) in [6, 6.07) is 19.9. The van der Waals surface area contributed by atoms with Crippen molar-refractivity contribution in [2.24, 2.45) is 4.99 Å². The van der Waals surface area contributed by atoms with Crippen LogP contribution in [0.15, 0.2) is 84.1 Å². The quantitative estimate of drug-likeness (QED) is 0.160. The summed E-state index contributed by atoms with van der Waals surface area (Å²) in [6.45, 7) is 9.80. The van der Waals surface area contributed by atoms with Crippen molar-refractivity contribution in [3.8, 4) is 22.5 Å². The van der Waals surface area contributed by atoms with Gasteiger partial charge in [-0.15, -0.1) is 0 Å². The molecule has 8 heteroatoms. The van der Waals surface area contributed by atoms with Crippen molar-refractivity contribution in [3.63, 3.8) is 0 Å². The molecule has 0 bridgehead atoms. The molecule has 1 aliphatic heterocycles. The predicted octanol–water partition coefficient (Wildman–Crippen LogP) is 7.39. The minimum atomic E-state index is -1.09. The second-order valence-electron chi connectivity index (χ2n) is 12.8. The van der Waals surface area contributed by atoms with Crippen LogP contribution in [0.25, 0.3) is 22.5 Å². The number of benzene rings is 3. The van der Waals surface area contributed by atoms with E-state index in [1.165, 1.54) is 19.3 Å². The third-order valence-electron chi connectivity index (χ3n) is 8.22. The van der Waals surface area contributed by atoms with Crippen molar-refractivity contribution in [2.45, 2.75) is 77.8 Å². The van der Waals surface area contributed by atoms with Crippen molar-refractivity contribution in [3.05, 3.63) is 107 Å². The monoisotopic (exact) mass is 618 g/mol. The van der Waals surface area contributed by atoms with Gasteiger partial charge in [0.05, 0.1) is 13.2 Å². The Kier molecular flexibility index (Phi) is 10.3. The molecule has 4 aromatic rings. The third kappa shape index (κ3) is 8.05. The van der Waals surface area contributed by atoms with Gasteiger partial charge in [-0.25, -0.2) is 19.8 Å². The molecule has 0 radical (unpaired) electrons. The van der Waals surface area contributed by atoms with Crippen molar-refractivity contribution in [1.82, 2.24) is 15.3 Å². The highest BCUT2D eigenvalue weighted by molar-refractivity contribution is 5.98. The second kappa shape index (κ2) is 14.5. The summed E-state index contributed by atoms with van der Waals surface area (Å²) in [5.41, 5.74) is 7.19. The first-order chi connectivity index (χ1) is 22.1. The Labute approximate surface area is 271 Å². The number of carboxylic acids is 1. The van der Waals surface area contributed by atoms with E-state index in [0.717, 1.165) is 51.3 Å². The molecule has 5 rings (SSSR count). The van der Waals surface area contributed by atoms with E-state index < -0.39 is 17.9 Å². The topological polar surface area (TPSA) is 114 Å². The van der Waals surface area contributed by atoms with E-state index in [9.17, 15) is 14.7 Å². The Balaban J connectivity index is 1.18. The van der Waals surface area contributed by atoms with Crippen LogP contribution in [-0.4, -0.2) is 45.5 Å². The number of rotatable bonds is 12. The molecular weight excluding hydrogens is 576 g/mol. The third-order valence-corrected chi connectivity index (χ3v) is 8.22. The number of fused-ring (bicyclic) bond motifs is 1.